The molecule has 0 atom stereocenters. The largest absolute Gasteiger partial charge is 0.453 e. The van der Waals surface area contributed by atoms with Crippen molar-refractivity contribution in [2.24, 2.45) is 0 Å². The highest BCUT2D eigenvalue weighted by molar-refractivity contribution is 6.31. The summed E-state index contributed by atoms with van der Waals surface area (Å²) in [6, 6.07) is 4.49. The second-order valence-electron chi connectivity index (χ2n) is 4.80. The fraction of sp³-hybridized carbons (Fsp3) is 0.429. The lowest BCUT2D eigenvalue weighted by molar-refractivity contribution is -0.131. The van der Waals surface area contributed by atoms with Crippen LogP contribution in [0.5, 0.6) is 0 Å². The molecule has 0 aliphatic heterocycles. The molecule has 7 heteroatoms. The van der Waals surface area contributed by atoms with Gasteiger partial charge in [0.25, 0.3) is 0 Å². The molecular weight excluding hydrogens is 299 g/mol. The van der Waals surface area contributed by atoms with Crippen molar-refractivity contribution in [2.45, 2.75) is 25.4 Å². The number of benzene rings is 1. The average molecular weight is 315 g/mol. The molecule has 1 aliphatic rings. The lowest BCUT2D eigenvalue weighted by atomic mass is 10.2. The Hall–Kier alpha value is -1.82. The Bertz CT molecular complexity index is 529. The van der Waals surface area contributed by atoms with Crippen molar-refractivity contribution < 1.29 is 18.7 Å². The van der Waals surface area contributed by atoms with Crippen LogP contribution in [-0.2, 0) is 16.1 Å². The number of carbonyl (C=O) groups excluding carboxylic acids is 2. The van der Waals surface area contributed by atoms with Crippen LogP contribution in [0.15, 0.2) is 18.2 Å². The minimum absolute atomic E-state index is 0.0765. The van der Waals surface area contributed by atoms with E-state index in [4.69, 9.17) is 11.6 Å². The van der Waals surface area contributed by atoms with Gasteiger partial charge in [0.05, 0.1) is 13.7 Å². The first-order valence-corrected chi connectivity index (χ1v) is 6.95. The molecule has 0 spiro atoms. The van der Waals surface area contributed by atoms with E-state index in [9.17, 15) is 14.0 Å². The van der Waals surface area contributed by atoms with Crippen molar-refractivity contribution >= 4 is 23.6 Å². The van der Waals surface area contributed by atoms with E-state index in [1.54, 1.807) is 11.0 Å². The molecule has 0 radical (unpaired) electrons. The van der Waals surface area contributed by atoms with E-state index >= 15 is 0 Å². The van der Waals surface area contributed by atoms with E-state index in [0.717, 1.165) is 12.8 Å². The first-order valence-electron chi connectivity index (χ1n) is 6.57. The van der Waals surface area contributed by atoms with Crippen LogP contribution in [0.4, 0.5) is 9.18 Å². The Morgan fingerprint density at radius 3 is 2.76 bits per heavy atom. The van der Waals surface area contributed by atoms with Crippen LogP contribution in [0.2, 0.25) is 5.02 Å². The Morgan fingerprint density at radius 1 is 1.48 bits per heavy atom. The van der Waals surface area contributed by atoms with E-state index in [2.05, 4.69) is 10.1 Å². The van der Waals surface area contributed by atoms with Crippen molar-refractivity contribution in [3.05, 3.63) is 34.6 Å². The number of nitrogens with zero attached hydrogens (tertiary/aromatic N) is 1. The molecule has 0 unspecified atom stereocenters. The van der Waals surface area contributed by atoms with Crippen molar-refractivity contribution in [3.63, 3.8) is 0 Å². The average Bonchev–Trinajstić information content (AvgIpc) is 3.28. The third-order valence-corrected chi connectivity index (χ3v) is 3.62. The molecule has 5 nitrogen and oxygen atoms in total. The molecule has 1 aromatic carbocycles. The molecule has 114 valence electrons. The SMILES string of the molecule is COC(=O)NCC(=O)N(Cc1c(F)cccc1Cl)C1CC1. The summed E-state index contributed by atoms with van der Waals surface area (Å²) in [6.45, 7) is -0.0902. The molecule has 0 heterocycles. The van der Waals surface area contributed by atoms with Crippen LogP contribution in [0, 0.1) is 5.82 Å². The zero-order chi connectivity index (χ0) is 15.4. The third-order valence-electron chi connectivity index (χ3n) is 3.27. The molecule has 1 N–H and O–H groups in total. The predicted molar refractivity (Wildman–Crippen MR) is 75.4 cm³/mol. The fourth-order valence-corrected chi connectivity index (χ4v) is 2.21. The highest BCUT2D eigenvalue weighted by Crippen LogP contribution is 2.30. The van der Waals surface area contributed by atoms with Crippen molar-refractivity contribution in [3.8, 4) is 0 Å². The summed E-state index contributed by atoms with van der Waals surface area (Å²) in [5.41, 5.74) is 0.289. The summed E-state index contributed by atoms with van der Waals surface area (Å²) in [6.07, 6.45) is 1.06. The summed E-state index contributed by atoms with van der Waals surface area (Å²) >= 11 is 5.99. The Morgan fingerprint density at radius 2 is 2.19 bits per heavy atom. The molecular formula is C14H16ClFN2O3. The second-order valence-corrected chi connectivity index (χ2v) is 5.21. The zero-order valence-corrected chi connectivity index (χ0v) is 12.3. The van der Waals surface area contributed by atoms with Crippen LogP contribution < -0.4 is 5.32 Å². The topological polar surface area (TPSA) is 58.6 Å². The van der Waals surface area contributed by atoms with Gasteiger partial charge in [0.2, 0.25) is 5.91 Å². The van der Waals surface area contributed by atoms with Crippen LogP contribution in [-0.4, -0.2) is 36.6 Å². The monoisotopic (exact) mass is 314 g/mol. The summed E-state index contributed by atoms with van der Waals surface area (Å²) in [5, 5.41) is 2.62. The first-order chi connectivity index (χ1) is 10.0. The van der Waals surface area contributed by atoms with E-state index in [0.29, 0.717) is 0 Å². The maximum Gasteiger partial charge on any atom is 0.407 e. The first kappa shape index (κ1) is 15.6. The number of ether oxygens (including phenoxy) is 1. The Balaban J connectivity index is 2.06. The number of hydrogen-bond donors (Lipinski definition) is 1. The van der Waals surface area contributed by atoms with E-state index in [1.165, 1.54) is 19.2 Å². The van der Waals surface area contributed by atoms with Crippen molar-refractivity contribution in [1.82, 2.24) is 10.2 Å². The van der Waals surface area contributed by atoms with Crippen LogP contribution >= 0.6 is 11.6 Å². The lowest BCUT2D eigenvalue weighted by Gasteiger charge is -2.23. The summed E-state index contributed by atoms with van der Waals surface area (Å²) in [5.74, 6) is -0.732. The molecule has 2 amide bonds. The quantitative estimate of drug-likeness (QED) is 0.907. The smallest absolute Gasteiger partial charge is 0.407 e. The van der Waals surface area contributed by atoms with E-state index in [1.807, 2.05) is 0 Å². The maximum atomic E-state index is 13.8. The van der Waals surface area contributed by atoms with E-state index in [-0.39, 0.29) is 35.6 Å². The van der Waals surface area contributed by atoms with Gasteiger partial charge < -0.3 is 15.0 Å². The lowest BCUT2D eigenvalue weighted by Crippen LogP contribution is -2.41. The molecule has 1 aromatic rings. The van der Waals surface area contributed by atoms with Crippen LogP contribution in [0.1, 0.15) is 18.4 Å². The number of carbonyl (C=O) groups is 2. The number of halogens is 2. The van der Waals surface area contributed by atoms with Gasteiger partial charge in [0, 0.05) is 16.6 Å². The number of nitrogens with one attached hydrogen (secondary N) is 1. The highest BCUT2D eigenvalue weighted by atomic mass is 35.5. The van der Waals surface area contributed by atoms with Crippen LogP contribution in [0.25, 0.3) is 0 Å². The fourth-order valence-electron chi connectivity index (χ4n) is 1.98. The Kier molecular flexibility index (Phi) is 5.01. The minimum Gasteiger partial charge on any atom is -0.453 e. The number of rotatable bonds is 5. The van der Waals surface area contributed by atoms with Gasteiger partial charge in [-0.3, -0.25) is 4.79 Å². The molecule has 21 heavy (non-hydrogen) atoms. The van der Waals surface area contributed by atoms with Gasteiger partial charge in [0.1, 0.15) is 12.4 Å². The van der Waals surface area contributed by atoms with Gasteiger partial charge in [-0.25, -0.2) is 9.18 Å². The number of methoxy groups -OCH3 is 1. The summed E-state index contributed by atoms with van der Waals surface area (Å²) in [4.78, 5) is 24.7. The molecule has 0 saturated heterocycles. The van der Waals surface area contributed by atoms with Gasteiger partial charge >= 0.3 is 6.09 Å². The van der Waals surface area contributed by atoms with Gasteiger partial charge in [-0.2, -0.15) is 0 Å². The molecule has 1 saturated carbocycles. The van der Waals surface area contributed by atoms with Gasteiger partial charge in [0.15, 0.2) is 0 Å². The second kappa shape index (κ2) is 6.76. The predicted octanol–water partition coefficient (Wildman–Crippen LogP) is 2.33. The van der Waals surface area contributed by atoms with E-state index < -0.39 is 11.9 Å². The number of hydrogen-bond acceptors (Lipinski definition) is 3. The van der Waals surface area contributed by atoms with Crippen molar-refractivity contribution in [2.75, 3.05) is 13.7 Å². The highest BCUT2D eigenvalue weighted by Gasteiger charge is 2.33. The Labute approximate surface area is 127 Å². The number of amides is 2. The molecule has 0 bridgehead atoms. The maximum absolute atomic E-state index is 13.8. The summed E-state index contributed by atoms with van der Waals surface area (Å²) < 4.78 is 18.2. The number of alkyl carbamates (subject to hydrolysis) is 1. The van der Waals surface area contributed by atoms with Gasteiger partial charge in [-0.05, 0) is 25.0 Å². The summed E-state index contributed by atoms with van der Waals surface area (Å²) in [7, 11) is 1.22. The molecule has 1 aliphatic carbocycles. The standard InChI is InChI=1S/C14H16ClFN2O3/c1-21-14(20)17-7-13(19)18(9-5-6-9)8-10-11(15)3-2-4-12(10)16/h2-4,9H,5-8H2,1H3,(H,17,20). The van der Waals surface area contributed by atoms with Crippen molar-refractivity contribution in [1.29, 1.82) is 0 Å². The molecule has 2 rings (SSSR count). The normalized spacial score (nSPS) is 13.7. The third kappa shape index (κ3) is 4.07. The van der Waals surface area contributed by atoms with Gasteiger partial charge in [-0.1, -0.05) is 17.7 Å². The minimum atomic E-state index is -0.678. The molecule has 1 fully saturated rings. The van der Waals surface area contributed by atoms with Gasteiger partial charge in [-0.15, -0.1) is 0 Å². The molecule has 0 aromatic heterocycles. The van der Waals surface area contributed by atoms with Crippen LogP contribution in [0.3, 0.4) is 0 Å². The zero-order valence-electron chi connectivity index (χ0n) is 11.6.